The van der Waals surface area contributed by atoms with Gasteiger partial charge in [0.1, 0.15) is 11.3 Å². The monoisotopic (exact) mass is 340 g/mol. The minimum Gasteiger partial charge on any atom is -0.389 e. The number of carbonyl (C=O) groups excluding carboxylic acids is 1. The van der Waals surface area contributed by atoms with Gasteiger partial charge in [-0.05, 0) is 50.9 Å². The number of likely N-dealkylation sites (tertiary alicyclic amines) is 1. The van der Waals surface area contributed by atoms with Gasteiger partial charge in [-0.2, -0.15) is 0 Å². The largest absolute Gasteiger partial charge is 0.389 e. The Morgan fingerprint density at radius 2 is 1.96 bits per heavy atom. The average molecular weight is 340 g/mol. The molecule has 0 aromatic carbocycles. The maximum Gasteiger partial charge on any atom is 0.274 e. The number of carbonyl (C=O) groups is 1. The van der Waals surface area contributed by atoms with Gasteiger partial charge in [-0.1, -0.05) is 5.16 Å². The van der Waals surface area contributed by atoms with Crippen LogP contribution in [0.4, 0.5) is 0 Å². The summed E-state index contributed by atoms with van der Waals surface area (Å²) in [5, 5.41) is 4.31. The molecule has 4 saturated carbocycles. The first-order chi connectivity index (χ1) is 11.9. The molecular formula is C19H24N4O2. The fourth-order valence-corrected chi connectivity index (χ4v) is 5.65. The fraction of sp³-hybridized carbons (Fsp3) is 0.737. The summed E-state index contributed by atoms with van der Waals surface area (Å²) in [5.41, 5.74) is 1.97. The van der Waals surface area contributed by atoms with Crippen molar-refractivity contribution >= 4 is 11.6 Å². The van der Waals surface area contributed by atoms with Crippen LogP contribution >= 0.6 is 0 Å². The SMILES string of the molecule is CC1(C)CC(C2[C@H]3CN(C(=O)c4cn(C56CC(C5)C6)cn4)C[C@@H]23)=NO1. The van der Waals surface area contributed by atoms with E-state index >= 15 is 0 Å². The molecule has 3 atom stereocenters. The Labute approximate surface area is 147 Å². The van der Waals surface area contributed by atoms with Gasteiger partial charge in [-0.25, -0.2) is 4.98 Å². The van der Waals surface area contributed by atoms with Crippen molar-refractivity contribution in [3.63, 3.8) is 0 Å². The second-order valence-corrected chi connectivity index (χ2v) is 9.54. The molecule has 1 saturated heterocycles. The number of aromatic nitrogens is 2. The Hall–Kier alpha value is -1.85. The lowest BCUT2D eigenvalue weighted by atomic mass is 9.50. The van der Waals surface area contributed by atoms with Gasteiger partial charge < -0.3 is 14.3 Å². The van der Waals surface area contributed by atoms with Gasteiger partial charge in [-0.3, -0.25) is 4.79 Å². The van der Waals surface area contributed by atoms with E-state index in [0.29, 0.717) is 29.0 Å². The van der Waals surface area contributed by atoms with Crippen molar-refractivity contribution in [3.8, 4) is 0 Å². The summed E-state index contributed by atoms with van der Waals surface area (Å²) in [6.07, 6.45) is 8.59. The Balaban J connectivity index is 1.11. The van der Waals surface area contributed by atoms with Gasteiger partial charge in [-0.15, -0.1) is 0 Å². The summed E-state index contributed by atoms with van der Waals surface area (Å²) in [6.45, 7) is 5.85. The highest BCUT2D eigenvalue weighted by Gasteiger charge is 2.61. The summed E-state index contributed by atoms with van der Waals surface area (Å²) in [4.78, 5) is 24.7. The zero-order valence-electron chi connectivity index (χ0n) is 14.8. The first kappa shape index (κ1) is 14.3. The number of rotatable bonds is 3. The molecule has 0 radical (unpaired) electrons. The molecule has 1 aromatic heterocycles. The van der Waals surface area contributed by atoms with Crippen LogP contribution in [-0.2, 0) is 10.4 Å². The third-order valence-corrected chi connectivity index (χ3v) is 7.24. The van der Waals surface area contributed by atoms with Gasteiger partial charge in [0.15, 0.2) is 0 Å². The standard InChI is InChI=1S/C19H24N4O2/c1-18(2)6-14(21-25-18)16-12-7-22(8-13(12)16)17(24)15-9-23(10-20-15)19-3-11(4-19)5-19/h9-13,16H,3-8H2,1-2H3/t11?,12-,13+,16?,19?. The highest BCUT2D eigenvalue weighted by Crippen LogP contribution is 2.62. The van der Waals surface area contributed by atoms with Crippen molar-refractivity contribution in [1.82, 2.24) is 14.5 Å². The van der Waals surface area contributed by atoms with Crippen LogP contribution in [0.1, 0.15) is 50.0 Å². The van der Waals surface area contributed by atoms with Crippen molar-refractivity contribution in [2.24, 2.45) is 28.8 Å². The Morgan fingerprint density at radius 3 is 2.52 bits per heavy atom. The molecule has 7 rings (SSSR count). The van der Waals surface area contributed by atoms with E-state index in [9.17, 15) is 4.79 Å². The number of fused-ring (bicyclic) bond motifs is 1. The number of oxime groups is 1. The maximum absolute atomic E-state index is 12.8. The zero-order chi connectivity index (χ0) is 17.0. The molecule has 3 heterocycles. The van der Waals surface area contributed by atoms with Crippen LogP contribution in [0.5, 0.6) is 0 Å². The van der Waals surface area contributed by atoms with E-state index in [4.69, 9.17) is 4.84 Å². The predicted octanol–water partition coefficient (Wildman–Crippen LogP) is 2.27. The van der Waals surface area contributed by atoms with E-state index in [0.717, 1.165) is 25.4 Å². The van der Waals surface area contributed by atoms with Crippen molar-refractivity contribution < 1.29 is 9.63 Å². The number of imidazole rings is 1. The molecule has 0 spiro atoms. The topological polar surface area (TPSA) is 59.7 Å². The predicted molar refractivity (Wildman–Crippen MR) is 91.1 cm³/mol. The van der Waals surface area contributed by atoms with E-state index in [1.54, 1.807) is 0 Å². The summed E-state index contributed by atoms with van der Waals surface area (Å²) >= 11 is 0. The molecule has 2 bridgehead atoms. The van der Waals surface area contributed by atoms with Crippen LogP contribution in [0, 0.1) is 23.7 Å². The van der Waals surface area contributed by atoms with Crippen LogP contribution < -0.4 is 0 Å². The summed E-state index contributed by atoms with van der Waals surface area (Å²) in [7, 11) is 0. The van der Waals surface area contributed by atoms with Crippen molar-refractivity contribution in [2.45, 2.75) is 50.7 Å². The summed E-state index contributed by atoms with van der Waals surface area (Å²) in [5.74, 6) is 2.70. The highest BCUT2D eigenvalue weighted by atomic mass is 16.7. The molecule has 6 aliphatic rings. The van der Waals surface area contributed by atoms with Crippen LogP contribution in [-0.4, -0.2) is 44.8 Å². The van der Waals surface area contributed by atoms with E-state index < -0.39 is 0 Å². The first-order valence-electron chi connectivity index (χ1n) is 9.53. The molecule has 6 heteroatoms. The Bertz CT molecular complexity index is 781. The van der Waals surface area contributed by atoms with Gasteiger partial charge >= 0.3 is 0 Å². The van der Waals surface area contributed by atoms with Gasteiger partial charge in [0.25, 0.3) is 5.91 Å². The number of hydrogen-bond acceptors (Lipinski definition) is 4. The summed E-state index contributed by atoms with van der Waals surface area (Å²) in [6, 6.07) is 0. The van der Waals surface area contributed by atoms with Crippen LogP contribution in [0.25, 0.3) is 0 Å². The van der Waals surface area contributed by atoms with Gasteiger partial charge in [0.05, 0.1) is 12.0 Å². The second-order valence-electron chi connectivity index (χ2n) is 9.54. The Morgan fingerprint density at radius 1 is 1.24 bits per heavy atom. The lowest BCUT2D eigenvalue weighted by Crippen LogP contribution is -2.58. The van der Waals surface area contributed by atoms with E-state index in [2.05, 4.69) is 28.6 Å². The van der Waals surface area contributed by atoms with Crippen molar-refractivity contribution in [3.05, 3.63) is 18.2 Å². The minimum atomic E-state index is -0.157. The molecule has 6 nitrogen and oxygen atoms in total. The molecule has 1 unspecified atom stereocenters. The molecule has 5 fully saturated rings. The molecule has 1 amide bonds. The van der Waals surface area contributed by atoms with Crippen LogP contribution in [0.15, 0.2) is 17.7 Å². The number of piperidine rings is 1. The maximum atomic E-state index is 12.8. The summed E-state index contributed by atoms with van der Waals surface area (Å²) < 4.78 is 2.20. The third kappa shape index (κ3) is 1.88. The number of amides is 1. The molecule has 1 aromatic rings. The molecule has 0 N–H and O–H groups in total. The smallest absolute Gasteiger partial charge is 0.274 e. The molecule has 132 valence electrons. The van der Waals surface area contributed by atoms with E-state index in [1.807, 2.05) is 17.4 Å². The third-order valence-electron chi connectivity index (χ3n) is 7.24. The lowest BCUT2D eigenvalue weighted by molar-refractivity contribution is -0.0890. The van der Waals surface area contributed by atoms with Gasteiger partial charge in [0.2, 0.25) is 0 Å². The number of nitrogens with zero attached hydrogens (tertiary/aromatic N) is 4. The first-order valence-corrected chi connectivity index (χ1v) is 9.53. The Kier molecular flexibility index (Phi) is 2.45. The molecule has 25 heavy (non-hydrogen) atoms. The normalized spacial score (nSPS) is 42.2. The van der Waals surface area contributed by atoms with Gasteiger partial charge in [0, 0.05) is 37.2 Å². The highest BCUT2D eigenvalue weighted by molar-refractivity contribution is 5.94. The minimum absolute atomic E-state index is 0.0984. The number of hydrogen-bond donors (Lipinski definition) is 0. The quantitative estimate of drug-likeness (QED) is 0.848. The van der Waals surface area contributed by atoms with Crippen molar-refractivity contribution in [2.75, 3.05) is 13.1 Å². The van der Waals surface area contributed by atoms with Crippen molar-refractivity contribution in [1.29, 1.82) is 0 Å². The van der Waals surface area contributed by atoms with E-state index in [-0.39, 0.29) is 11.5 Å². The van der Waals surface area contributed by atoms with Crippen LogP contribution in [0.3, 0.4) is 0 Å². The molecule has 2 aliphatic heterocycles. The average Bonchev–Trinajstić information content (AvgIpc) is 2.93. The zero-order valence-corrected chi connectivity index (χ0v) is 14.8. The molecular weight excluding hydrogens is 316 g/mol. The second kappa shape index (κ2) is 4.27. The van der Waals surface area contributed by atoms with Crippen LogP contribution in [0.2, 0.25) is 0 Å². The molecule has 4 aliphatic carbocycles. The van der Waals surface area contributed by atoms with E-state index in [1.165, 1.54) is 25.0 Å². The lowest BCUT2D eigenvalue weighted by Gasteiger charge is -2.62. The fourth-order valence-electron chi connectivity index (χ4n) is 5.65.